The molecule has 10 heteroatoms. The number of hydrogen-bond acceptors (Lipinski definition) is 6. The first kappa shape index (κ1) is 21.7. The smallest absolute Gasteiger partial charge is 0.290 e. The molecule has 0 radical (unpaired) electrons. The quantitative estimate of drug-likeness (QED) is 0.722. The second-order valence-corrected chi connectivity index (χ2v) is 11.2. The van der Waals surface area contributed by atoms with Crippen LogP contribution in [-0.4, -0.2) is 48.4 Å². The summed E-state index contributed by atoms with van der Waals surface area (Å²) in [5.41, 5.74) is 2.62. The molecule has 2 heterocycles. The van der Waals surface area contributed by atoms with Crippen molar-refractivity contribution in [3.63, 3.8) is 0 Å². The van der Waals surface area contributed by atoms with Crippen LogP contribution in [0.1, 0.15) is 49.1 Å². The van der Waals surface area contributed by atoms with Gasteiger partial charge in [0.05, 0.1) is 29.6 Å². The number of nitrogens with one attached hydrogen (secondary N) is 1. The molecule has 0 spiro atoms. The van der Waals surface area contributed by atoms with E-state index in [0.29, 0.717) is 30.6 Å². The molecule has 2 aromatic rings. The van der Waals surface area contributed by atoms with Gasteiger partial charge in [0.25, 0.3) is 5.92 Å². The third-order valence-corrected chi connectivity index (χ3v) is 7.82. The second-order valence-electron chi connectivity index (χ2n) is 9.44. The average Bonchev–Trinajstić information content (AvgIpc) is 3.20. The van der Waals surface area contributed by atoms with E-state index in [1.54, 1.807) is 4.90 Å². The van der Waals surface area contributed by atoms with Gasteiger partial charge in [-0.15, -0.1) is 0 Å². The predicted molar refractivity (Wildman–Crippen MR) is 116 cm³/mol. The molecule has 7 nitrogen and oxygen atoms in total. The summed E-state index contributed by atoms with van der Waals surface area (Å²) in [6.45, 7) is 3.98. The van der Waals surface area contributed by atoms with Crippen LogP contribution in [0.5, 0.6) is 0 Å². The largest absolute Gasteiger partial charge is 0.389 e. The summed E-state index contributed by atoms with van der Waals surface area (Å²) >= 11 is 0. The molecule has 0 saturated carbocycles. The van der Waals surface area contributed by atoms with Crippen molar-refractivity contribution >= 4 is 16.0 Å². The van der Waals surface area contributed by atoms with Crippen molar-refractivity contribution in [2.24, 2.45) is 0 Å². The maximum absolute atomic E-state index is 14.6. The fourth-order valence-electron chi connectivity index (χ4n) is 5.15. The third kappa shape index (κ3) is 3.39. The molecule has 2 N–H and O–H groups in total. The van der Waals surface area contributed by atoms with Gasteiger partial charge in [0.1, 0.15) is 5.69 Å². The minimum atomic E-state index is -3.39. The van der Waals surface area contributed by atoms with Gasteiger partial charge in [-0.2, -0.15) is 8.78 Å². The summed E-state index contributed by atoms with van der Waals surface area (Å²) in [6, 6.07) is 5.39. The number of aliphatic hydroxyl groups is 1. The zero-order valence-corrected chi connectivity index (χ0v) is 19.0. The Morgan fingerprint density at radius 1 is 1.22 bits per heavy atom. The van der Waals surface area contributed by atoms with Gasteiger partial charge in [-0.3, -0.25) is 0 Å². The molecule has 1 aromatic carbocycles. The highest BCUT2D eigenvalue weighted by Crippen LogP contribution is 2.46. The molecule has 3 aliphatic rings. The molecule has 172 valence electrons. The van der Waals surface area contributed by atoms with E-state index in [2.05, 4.69) is 14.7 Å². The number of β-amino-alcohol motifs (C(OH)–C–C–N with tert-alkyl or cyclic N) is 1. The Hall–Kier alpha value is -2.17. The Labute approximate surface area is 185 Å². The van der Waals surface area contributed by atoms with Crippen LogP contribution >= 0.6 is 0 Å². The number of aliphatic hydroxyl groups excluding tert-OH is 1. The molecule has 1 fully saturated rings. The summed E-state index contributed by atoms with van der Waals surface area (Å²) in [7, 11) is -3.39. The van der Waals surface area contributed by atoms with Crippen LogP contribution in [0.15, 0.2) is 18.2 Å². The number of fused-ring (bicyclic) bond motifs is 2. The van der Waals surface area contributed by atoms with Crippen LogP contribution in [0.3, 0.4) is 0 Å². The van der Waals surface area contributed by atoms with Crippen molar-refractivity contribution in [2.75, 3.05) is 17.7 Å². The Bertz CT molecular complexity index is 1220. The molecule has 1 saturated heterocycles. The lowest BCUT2D eigenvalue weighted by molar-refractivity contribution is -0.00603. The van der Waals surface area contributed by atoms with E-state index in [-0.39, 0.29) is 30.5 Å². The number of hydrogen-bond donors (Lipinski definition) is 2. The molecule has 1 aliphatic heterocycles. The highest BCUT2D eigenvalue weighted by atomic mass is 32.2. The van der Waals surface area contributed by atoms with Crippen LogP contribution < -0.4 is 9.62 Å². The minimum absolute atomic E-state index is 0.195. The number of nitrogens with zero attached hydrogens (tertiary/aromatic N) is 3. The molecule has 1 aromatic heterocycles. The second kappa shape index (κ2) is 6.91. The first-order valence-electron chi connectivity index (χ1n) is 10.7. The summed E-state index contributed by atoms with van der Waals surface area (Å²) < 4.78 is 55.7. The Kier molecular flexibility index (Phi) is 4.68. The van der Waals surface area contributed by atoms with Gasteiger partial charge < -0.3 is 10.0 Å². The fourth-order valence-corrected chi connectivity index (χ4v) is 6.18. The monoisotopic (exact) mass is 464 g/mol. The van der Waals surface area contributed by atoms with Crippen LogP contribution in [0, 0.1) is 0 Å². The number of halogens is 2. The first-order valence-corrected chi connectivity index (χ1v) is 12.6. The standard InChI is InChI=1S/C22H26F2N4O3S/c1-12-17(29)11-28(12)20-25-18(15-7-9-22(23,24)19(15)26-20)14-4-5-16-13(10-14)6-8-21(16,2)27-32(3,30)31/h4-5,10,12,17,27,29H,6-9,11H2,1-3H3/t12-,17+,21?/m0/s1. The number of alkyl halides is 2. The van der Waals surface area contributed by atoms with Crippen LogP contribution in [-0.2, 0) is 34.3 Å². The van der Waals surface area contributed by atoms with E-state index in [0.717, 1.165) is 22.9 Å². The highest BCUT2D eigenvalue weighted by molar-refractivity contribution is 7.88. The average molecular weight is 465 g/mol. The van der Waals surface area contributed by atoms with E-state index < -0.39 is 27.6 Å². The van der Waals surface area contributed by atoms with E-state index >= 15 is 0 Å². The third-order valence-electron chi connectivity index (χ3n) is 7.00. The number of anilines is 1. The maximum Gasteiger partial charge on any atom is 0.290 e. The minimum Gasteiger partial charge on any atom is -0.389 e. The van der Waals surface area contributed by atoms with Gasteiger partial charge >= 0.3 is 0 Å². The molecular formula is C22H26F2N4O3S. The SMILES string of the molecule is C[C@H]1[C@H](O)CN1c1nc(-c2ccc3c(c2)CCC3(C)NS(C)(=O)=O)c2c(n1)C(F)(F)CC2. The zero-order valence-electron chi connectivity index (χ0n) is 18.2. The molecule has 1 unspecified atom stereocenters. The van der Waals surface area contributed by atoms with Gasteiger partial charge in [0, 0.05) is 24.1 Å². The molecule has 0 amide bonds. The van der Waals surface area contributed by atoms with E-state index in [4.69, 9.17) is 0 Å². The molecule has 32 heavy (non-hydrogen) atoms. The van der Waals surface area contributed by atoms with Crippen molar-refractivity contribution < 1.29 is 22.3 Å². The van der Waals surface area contributed by atoms with Crippen molar-refractivity contribution in [1.82, 2.24) is 14.7 Å². The molecule has 2 aliphatic carbocycles. The topological polar surface area (TPSA) is 95.4 Å². The Balaban J connectivity index is 1.59. The zero-order chi connectivity index (χ0) is 23.1. The lowest BCUT2D eigenvalue weighted by atomic mass is 9.93. The van der Waals surface area contributed by atoms with Crippen molar-refractivity contribution in [3.8, 4) is 11.3 Å². The number of aromatic nitrogens is 2. The maximum atomic E-state index is 14.6. The van der Waals surface area contributed by atoms with E-state index in [1.165, 1.54) is 0 Å². The number of rotatable bonds is 4. The number of sulfonamides is 1. The van der Waals surface area contributed by atoms with Gasteiger partial charge in [-0.25, -0.2) is 23.1 Å². The summed E-state index contributed by atoms with van der Waals surface area (Å²) in [5, 5.41) is 9.87. The van der Waals surface area contributed by atoms with Gasteiger partial charge in [-0.05, 0) is 50.3 Å². The Morgan fingerprint density at radius 3 is 2.62 bits per heavy atom. The number of aryl methyl sites for hydroxylation is 1. The van der Waals surface area contributed by atoms with Crippen molar-refractivity contribution in [2.45, 2.75) is 63.1 Å². The van der Waals surface area contributed by atoms with E-state index in [9.17, 15) is 22.3 Å². The molecule has 0 bridgehead atoms. The van der Waals surface area contributed by atoms with Crippen molar-refractivity contribution in [1.29, 1.82) is 0 Å². The van der Waals surface area contributed by atoms with Crippen molar-refractivity contribution in [3.05, 3.63) is 40.6 Å². The van der Waals surface area contributed by atoms with Gasteiger partial charge in [-0.1, -0.05) is 12.1 Å². The van der Waals surface area contributed by atoms with E-state index in [1.807, 2.05) is 32.0 Å². The van der Waals surface area contributed by atoms with Crippen LogP contribution in [0.25, 0.3) is 11.3 Å². The summed E-state index contributed by atoms with van der Waals surface area (Å²) in [6.07, 6.45) is 1.80. The molecule has 3 atom stereocenters. The summed E-state index contributed by atoms with van der Waals surface area (Å²) in [5.74, 6) is -2.80. The van der Waals surface area contributed by atoms with Gasteiger partial charge in [0.15, 0.2) is 0 Å². The lowest BCUT2D eigenvalue weighted by Gasteiger charge is -2.43. The highest BCUT2D eigenvalue weighted by Gasteiger charge is 2.45. The normalized spacial score (nSPS) is 28.4. The number of benzene rings is 1. The predicted octanol–water partition coefficient (Wildman–Crippen LogP) is 2.46. The molecule has 5 rings (SSSR count). The lowest BCUT2D eigenvalue weighted by Crippen LogP contribution is -2.59. The van der Waals surface area contributed by atoms with Gasteiger partial charge in [0.2, 0.25) is 16.0 Å². The summed E-state index contributed by atoms with van der Waals surface area (Å²) in [4.78, 5) is 10.6. The van der Waals surface area contributed by atoms with Crippen LogP contribution in [0.2, 0.25) is 0 Å². The fraction of sp³-hybridized carbons (Fsp3) is 0.545. The Morgan fingerprint density at radius 2 is 1.97 bits per heavy atom. The molecular weight excluding hydrogens is 438 g/mol. The van der Waals surface area contributed by atoms with Crippen LogP contribution in [0.4, 0.5) is 14.7 Å². The first-order chi connectivity index (χ1) is 14.9.